The molecule has 0 aliphatic heterocycles. The number of amides is 2. The van der Waals surface area contributed by atoms with Crippen LogP contribution in [0.1, 0.15) is 30.2 Å². The van der Waals surface area contributed by atoms with Crippen LogP contribution in [0.4, 0.5) is 11.4 Å². The van der Waals surface area contributed by atoms with E-state index in [1.54, 1.807) is 31.2 Å². The smallest absolute Gasteiger partial charge is 0.262 e. The molecule has 146 valence electrons. The van der Waals surface area contributed by atoms with Gasteiger partial charge in [0.15, 0.2) is 0 Å². The predicted octanol–water partition coefficient (Wildman–Crippen LogP) is 3.45. The molecule has 2 amide bonds. The van der Waals surface area contributed by atoms with Gasteiger partial charge in [-0.05, 0) is 37.6 Å². The Morgan fingerprint density at radius 2 is 1.82 bits per heavy atom. The topological polar surface area (TPSA) is 93.1 Å². The summed E-state index contributed by atoms with van der Waals surface area (Å²) in [6.07, 6.45) is 2.02. The number of benzene rings is 1. The quantitative estimate of drug-likeness (QED) is 0.665. The number of aromatic nitrogens is 2. The second-order valence-electron chi connectivity index (χ2n) is 6.49. The minimum Gasteiger partial charge on any atom is -0.326 e. The van der Waals surface area contributed by atoms with E-state index in [9.17, 15) is 14.4 Å². The van der Waals surface area contributed by atoms with E-state index >= 15 is 0 Å². The highest BCUT2D eigenvalue weighted by molar-refractivity contribution is 7.18. The zero-order chi connectivity index (χ0) is 20.3. The number of carbonyl (C=O) groups is 2. The molecule has 7 nitrogen and oxygen atoms in total. The van der Waals surface area contributed by atoms with Crippen molar-refractivity contribution < 1.29 is 9.59 Å². The molecule has 1 aromatic carbocycles. The van der Waals surface area contributed by atoms with E-state index in [-0.39, 0.29) is 30.3 Å². The molecule has 0 aliphatic carbocycles. The van der Waals surface area contributed by atoms with Crippen molar-refractivity contribution in [3.63, 3.8) is 0 Å². The second-order valence-corrected chi connectivity index (χ2v) is 7.69. The van der Waals surface area contributed by atoms with E-state index in [1.165, 1.54) is 22.2 Å². The molecule has 3 aromatic rings. The lowest BCUT2D eigenvalue weighted by molar-refractivity contribution is -0.117. The van der Waals surface area contributed by atoms with Gasteiger partial charge >= 0.3 is 0 Å². The fraction of sp³-hybridized carbons (Fsp3) is 0.300. The van der Waals surface area contributed by atoms with E-state index < -0.39 is 0 Å². The number of nitrogens with one attached hydrogen (secondary N) is 2. The van der Waals surface area contributed by atoms with Crippen LogP contribution in [-0.4, -0.2) is 21.4 Å². The standard InChI is InChI=1S/C20H22N4O3S/c1-4-16(25)22-14-6-5-7-15(10-14)23-17(26)8-9-24-11-21-19-18(20(24)27)12(2)13(3)28-19/h5-7,10-11H,4,8-9H2,1-3H3,(H,22,25)(H,23,26). The molecule has 2 heterocycles. The van der Waals surface area contributed by atoms with Crippen molar-refractivity contribution in [3.8, 4) is 0 Å². The largest absolute Gasteiger partial charge is 0.326 e. The molecule has 0 aliphatic rings. The first-order valence-corrected chi connectivity index (χ1v) is 9.85. The lowest BCUT2D eigenvalue weighted by Gasteiger charge is -2.09. The van der Waals surface area contributed by atoms with Gasteiger partial charge in [-0.1, -0.05) is 13.0 Å². The summed E-state index contributed by atoms with van der Waals surface area (Å²) in [4.78, 5) is 42.6. The summed E-state index contributed by atoms with van der Waals surface area (Å²) in [5.41, 5.74) is 2.04. The first-order chi connectivity index (χ1) is 13.4. The Labute approximate surface area is 166 Å². The fourth-order valence-corrected chi connectivity index (χ4v) is 3.79. The molecule has 8 heteroatoms. The monoisotopic (exact) mass is 398 g/mol. The van der Waals surface area contributed by atoms with Crippen LogP contribution in [0.15, 0.2) is 35.4 Å². The maximum absolute atomic E-state index is 12.7. The summed E-state index contributed by atoms with van der Waals surface area (Å²) in [6, 6.07) is 6.96. The molecule has 2 N–H and O–H groups in total. The zero-order valence-electron chi connectivity index (χ0n) is 16.0. The Morgan fingerprint density at radius 1 is 1.14 bits per heavy atom. The second kappa shape index (κ2) is 8.35. The van der Waals surface area contributed by atoms with Crippen molar-refractivity contribution in [2.75, 3.05) is 10.6 Å². The molecule has 0 fully saturated rings. The first kappa shape index (κ1) is 19.8. The molecular weight excluding hydrogens is 376 g/mol. The van der Waals surface area contributed by atoms with E-state index in [0.717, 1.165) is 15.3 Å². The van der Waals surface area contributed by atoms with Gasteiger partial charge in [0.25, 0.3) is 5.56 Å². The maximum atomic E-state index is 12.7. The maximum Gasteiger partial charge on any atom is 0.262 e. The highest BCUT2D eigenvalue weighted by atomic mass is 32.1. The van der Waals surface area contributed by atoms with Crippen molar-refractivity contribution in [3.05, 3.63) is 51.4 Å². The molecule has 0 bridgehead atoms. The van der Waals surface area contributed by atoms with Crippen LogP contribution in [0.5, 0.6) is 0 Å². The Hall–Kier alpha value is -3.00. The van der Waals surface area contributed by atoms with Gasteiger partial charge in [-0.15, -0.1) is 11.3 Å². The molecular formula is C20H22N4O3S. The molecule has 0 saturated heterocycles. The normalized spacial score (nSPS) is 10.8. The van der Waals surface area contributed by atoms with Gasteiger partial charge in [0.05, 0.1) is 11.7 Å². The van der Waals surface area contributed by atoms with E-state index in [2.05, 4.69) is 15.6 Å². The molecule has 0 atom stereocenters. The van der Waals surface area contributed by atoms with Gasteiger partial charge in [0, 0.05) is 35.6 Å². The van der Waals surface area contributed by atoms with E-state index in [4.69, 9.17) is 0 Å². The number of rotatable bonds is 6. The number of nitrogens with zero attached hydrogens (tertiary/aromatic N) is 2. The van der Waals surface area contributed by atoms with E-state index in [1.807, 2.05) is 13.8 Å². The number of carbonyl (C=O) groups excluding carboxylic acids is 2. The number of aryl methyl sites for hydroxylation is 3. The van der Waals surface area contributed by atoms with Gasteiger partial charge in [-0.25, -0.2) is 4.98 Å². The third-order valence-corrected chi connectivity index (χ3v) is 5.60. The van der Waals surface area contributed by atoms with Gasteiger partial charge in [0.2, 0.25) is 11.8 Å². The van der Waals surface area contributed by atoms with Crippen LogP contribution in [-0.2, 0) is 16.1 Å². The number of hydrogen-bond acceptors (Lipinski definition) is 5. The molecule has 0 spiro atoms. The van der Waals surface area contributed by atoms with E-state index in [0.29, 0.717) is 23.2 Å². The molecule has 0 saturated carbocycles. The van der Waals surface area contributed by atoms with Crippen LogP contribution < -0.4 is 16.2 Å². The summed E-state index contributed by atoms with van der Waals surface area (Å²) in [5, 5.41) is 6.17. The van der Waals surface area contributed by atoms with Crippen molar-refractivity contribution in [1.29, 1.82) is 0 Å². The Balaban J connectivity index is 1.66. The van der Waals surface area contributed by atoms with Gasteiger partial charge in [-0.3, -0.25) is 19.0 Å². The van der Waals surface area contributed by atoms with Crippen molar-refractivity contribution in [2.45, 2.75) is 40.2 Å². The Kier molecular flexibility index (Phi) is 5.89. The SMILES string of the molecule is CCC(=O)Nc1cccc(NC(=O)CCn2cnc3sc(C)c(C)c3c2=O)c1. The summed E-state index contributed by atoms with van der Waals surface area (Å²) in [7, 11) is 0. The Morgan fingerprint density at radius 3 is 2.50 bits per heavy atom. The number of fused-ring (bicyclic) bond motifs is 1. The average molecular weight is 398 g/mol. The number of thiophene rings is 1. The number of anilines is 2. The lowest BCUT2D eigenvalue weighted by atomic mass is 10.2. The fourth-order valence-electron chi connectivity index (χ4n) is 2.80. The first-order valence-electron chi connectivity index (χ1n) is 9.04. The average Bonchev–Trinajstić information content (AvgIpc) is 2.96. The summed E-state index contributed by atoms with van der Waals surface area (Å²) >= 11 is 1.50. The predicted molar refractivity (Wildman–Crippen MR) is 112 cm³/mol. The van der Waals surface area contributed by atoms with Crippen molar-refractivity contribution >= 4 is 44.7 Å². The van der Waals surface area contributed by atoms with Crippen LogP contribution in [0.25, 0.3) is 10.2 Å². The molecule has 28 heavy (non-hydrogen) atoms. The molecule has 0 unspecified atom stereocenters. The van der Waals surface area contributed by atoms with Crippen molar-refractivity contribution in [1.82, 2.24) is 9.55 Å². The van der Waals surface area contributed by atoms with Crippen LogP contribution in [0, 0.1) is 13.8 Å². The molecule has 0 radical (unpaired) electrons. The molecule has 2 aromatic heterocycles. The van der Waals surface area contributed by atoms with Crippen LogP contribution in [0.3, 0.4) is 0 Å². The summed E-state index contributed by atoms with van der Waals surface area (Å²) in [5.74, 6) is -0.311. The summed E-state index contributed by atoms with van der Waals surface area (Å²) < 4.78 is 1.47. The lowest BCUT2D eigenvalue weighted by Crippen LogP contribution is -2.23. The number of hydrogen-bond donors (Lipinski definition) is 2. The highest BCUT2D eigenvalue weighted by Crippen LogP contribution is 2.25. The zero-order valence-corrected chi connectivity index (χ0v) is 16.9. The summed E-state index contributed by atoms with van der Waals surface area (Å²) in [6.45, 7) is 5.90. The third kappa shape index (κ3) is 4.28. The Bertz CT molecular complexity index is 1100. The minimum absolute atomic E-state index is 0.0929. The van der Waals surface area contributed by atoms with Crippen LogP contribution >= 0.6 is 11.3 Å². The molecule has 3 rings (SSSR count). The highest BCUT2D eigenvalue weighted by Gasteiger charge is 2.13. The van der Waals surface area contributed by atoms with Crippen molar-refractivity contribution in [2.24, 2.45) is 0 Å². The van der Waals surface area contributed by atoms with Gasteiger partial charge < -0.3 is 10.6 Å². The van der Waals surface area contributed by atoms with Gasteiger partial charge in [0.1, 0.15) is 4.83 Å². The third-order valence-electron chi connectivity index (χ3n) is 4.49. The van der Waals surface area contributed by atoms with Gasteiger partial charge in [-0.2, -0.15) is 0 Å². The minimum atomic E-state index is -0.218. The van der Waals surface area contributed by atoms with Crippen LogP contribution in [0.2, 0.25) is 0 Å².